The van der Waals surface area contributed by atoms with Crippen LogP contribution in [0.5, 0.6) is 34.5 Å². The summed E-state index contributed by atoms with van der Waals surface area (Å²) in [5.74, 6) is 1.77. The van der Waals surface area contributed by atoms with Crippen molar-refractivity contribution in [2.75, 3.05) is 42.7 Å². The molecule has 2 aromatic rings. The largest absolute Gasteiger partial charge is 0.493 e. The average Bonchev–Trinajstić information content (AvgIpc) is 2.91. The van der Waals surface area contributed by atoms with Crippen LogP contribution in [0.15, 0.2) is 24.3 Å². The Bertz CT molecular complexity index is 952. The summed E-state index contributed by atoms with van der Waals surface area (Å²) >= 11 is 0. The first-order chi connectivity index (χ1) is 17.4. The Morgan fingerprint density at radius 3 is 1.14 bits per heavy atom. The summed E-state index contributed by atoms with van der Waals surface area (Å²) in [7, 11) is 8.99. The highest BCUT2D eigenvalue weighted by atomic mass is 16.5. The molecule has 10 heteroatoms. The fourth-order valence-electron chi connectivity index (χ4n) is 4.40. The van der Waals surface area contributed by atoms with Crippen molar-refractivity contribution in [3.8, 4) is 34.5 Å². The first-order valence-corrected chi connectivity index (χ1v) is 11.6. The maximum atomic E-state index is 13.2. The van der Waals surface area contributed by atoms with Crippen LogP contribution in [0.3, 0.4) is 0 Å². The van der Waals surface area contributed by atoms with E-state index in [1.54, 1.807) is 24.3 Å². The minimum Gasteiger partial charge on any atom is -0.493 e. The third-order valence-corrected chi connectivity index (χ3v) is 6.25. The predicted octanol–water partition coefficient (Wildman–Crippen LogP) is 3.21. The van der Waals surface area contributed by atoms with E-state index in [4.69, 9.17) is 28.4 Å². The highest BCUT2D eigenvalue weighted by Crippen LogP contribution is 2.39. The highest BCUT2D eigenvalue weighted by Gasteiger charge is 2.30. The molecule has 1 saturated carbocycles. The van der Waals surface area contributed by atoms with Crippen LogP contribution in [-0.4, -0.2) is 66.6 Å². The fraction of sp³-hybridized carbons (Fsp3) is 0.462. The average molecular weight is 503 g/mol. The zero-order chi connectivity index (χ0) is 26.2. The Kier molecular flexibility index (Phi) is 9.10. The van der Waals surface area contributed by atoms with Gasteiger partial charge in [0.15, 0.2) is 23.0 Å². The molecule has 0 aromatic heterocycles. The van der Waals surface area contributed by atoms with E-state index in [-0.39, 0.29) is 23.9 Å². The molecule has 3 rings (SSSR count). The molecule has 1 aliphatic carbocycles. The summed E-state index contributed by atoms with van der Waals surface area (Å²) in [6.07, 6.45) is 3.35. The molecule has 0 heterocycles. The van der Waals surface area contributed by atoms with Crippen molar-refractivity contribution in [2.45, 2.75) is 37.8 Å². The molecule has 36 heavy (non-hydrogen) atoms. The van der Waals surface area contributed by atoms with E-state index >= 15 is 0 Å². The molecule has 2 aromatic carbocycles. The molecule has 2 amide bonds. The van der Waals surface area contributed by atoms with Gasteiger partial charge >= 0.3 is 0 Å². The van der Waals surface area contributed by atoms with E-state index in [1.807, 2.05) is 0 Å². The summed E-state index contributed by atoms with van der Waals surface area (Å²) in [5.41, 5.74) is 0.731. The van der Waals surface area contributed by atoms with Gasteiger partial charge in [0.2, 0.25) is 11.5 Å². The van der Waals surface area contributed by atoms with Crippen LogP contribution in [0, 0.1) is 0 Å². The SMILES string of the molecule is COc1cc(C(=O)N[C@@H]2CCCC[C@H]2NC(=O)c2cc(OC)c(OC)c(OC)c2)cc(OC)c1OC. The van der Waals surface area contributed by atoms with Gasteiger partial charge < -0.3 is 39.1 Å². The van der Waals surface area contributed by atoms with Crippen molar-refractivity contribution in [1.29, 1.82) is 0 Å². The molecule has 0 spiro atoms. The Balaban J connectivity index is 1.79. The quantitative estimate of drug-likeness (QED) is 0.509. The summed E-state index contributed by atoms with van der Waals surface area (Å²) < 4.78 is 32.1. The monoisotopic (exact) mass is 502 g/mol. The molecular formula is C26H34N2O8. The van der Waals surface area contributed by atoms with Gasteiger partial charge in [-0.05, 0) is 37.1 Å². The van der Waals surface area contributed by atoms with Gasteiger partial charge in [0.1, 0.15) is 0 Å². The highest BCUT2D eigenvalue weighted by molar-refractivity contribution is 5.97. The Hall–Kier alpha value is -3.82. The van der Waals surface area contributed by atoms with Crippen LogP contribution in [0.4, 0.5) is 0 Å². The maximum Gasteiger partial charge on any atom is 0.251 e. The Labute approximate surface area is 211 Å². The molecule has 0 saturated heterocycles. The molecule has 1 aliphatic rings. The number of methoxy groups -OCH3 is 6. The second kappa shape index (κ2) is 12.2. The zero-order valence-electron chi connectivity index (χ0n) is 21.6. The molecule has 2 atom stereocenters. The standard InChI is InChI=1S/C26H34N2O8/c1-31-19-11-15(12-20(32-2)23(19)35-5)25(29)27-17-9-7-8-10-18(17)28-26(30)16-13-21(33-3)24(36-6)22(14-16)34-4/h11-14,17-18H,7-10H2,1-6H3,(H,27,29)(H,28,30)/t17-,18-/m1/s1. The minimum absolute atomic E-state index is 0.253. The predicted molar refractivity (Wildman–Crippen MR) is 133 cm³/mol. The lowest BCUT2D eigenvalue weighted by molar-refractivity contribution is 0.0862. The molecule has 0 aliphatic heterocycles. The lowest BCUT2D eigenvalue weighted by Crippen LogP contribution is -2.53. The van der Waals surface area contributed by atoms with Gasteiger partial charge in [0, 0.05) is 23.2 Å². The lowest BCUT2D eigenvalue weighted by Gasteiger charge is -2.33. The van der Waals surface area contributed by atoms with E-state index in [0.717, 1.165) is 25.7 Å². The lowest BCUT2D eigenvalue weighted by atomic mass is 9.89. The third-order valence-electron chi connectivity index (χ3n) is 6.25. The number of amides is 2. The van der Waals surface area contributed by atoms with Crippen LogP contribution in [-0.2, 0) is 0 Å². The molecule has 0 radical (unpaired) electrons. The number of hydrogen-bond donors (Lipinski definition) is 2. The van der Waals surface area contributed by atoms with Gasteiger partial charge in [-0.25, -0.2) is 0 Å². The van der Waals surface area contributed by atoms with Crippen molar-refractivity contribution >= 4 is 11.8 Å². The summed E-state index contributed by atoms with van der Waals surface area (Å²) in [5, 5.41) is 6.14. The summed E-state index contributed by atoms with van der Waals surface area (Å²) in [6, 6.07) is 5.89. The number of rotatable bonds is 10. The van der Waals surface area contributed by atoms with Crippen LogP contribution < -0.4 is 39.1 Å². The van der Waals surface area contributed by atoms with Crippen molar-refractivity contribution in [1.82, 2.24) is 10.6 Å². The number of carbonyl (C=O) groups excluding carboxylic acids is 2. The van der Waals surface area contributed by atoms with E-state index in [1.165, 1.54) is 42.7 Å². The number of carbonyl (C=O) groups is 2. The smallest absolute Gasteiger partial charge is 0.251 e. The van der Waals surface area contributed by atoms with E-state index in [9.17, 15) is 9.59 Å². The first kappa shape index (κ1) is 26.8. The van der Waals surface area contributed by atoms with Crippen LogP contribution in [0.2, 0.25) is 0 Å². The minimum atomic E-state index is -0.298. The van der Waals surface area contributed by atoms with Crippen LogP contribution in [0.25, 0.3) is 0 Å². The summed E-state index contributed by atoms with van der Waals surface area (Å²) in [6.45, 7) is 0. The molecule has 10 nitrogen and oxygen atoms in total. The zero-order valence-corrected chi connectivity index (χ0v) is 21.6. The maximum absolute atomic E-state index is 13.2. The topological polar surface area (TPSA) is 114 Å². The van der Waals surface area contributed by atoms with Crippen LogP contribution >= 0.6 is 0 Å². The molecule has 0 unspecified atom stereocenters. The summed E-state index contributed by atoms with van der Waals surface area (Å²) in [4.78, 5) is 26.3. The van der Waals surface area contributed by atoms with Gasteiger partial charge in [-0.15, -0.1) is 0 Å². The molecule has 0 bridgehead atoms. The second-order valence-corrected chi connectivity index (χ2v) is 8.27. The van der Waals surface area contributed by atoms with Gasteiger partial charge in [0.25, 0.3) is 11.8 Å². The number of hydrogen-bond acceptors (Lipinski definition) is 8. The Morgan fingerprint density at radius 2 is 0.889 bits per heavy atom. The second-order valence-electron chi connectivity index (χ2n) is 8.27. The molecule has 1 fully saturated rings. The van der Waals surface area contributed by atoms with Crippen LogP contribution in [0.1, 0.15) is 46.4 Å². The van der Waals surface area contributed by atoms with Crippen molar-refractivity contribution in [3.05, 3.63) is 35.4 Å². The third kappa shape index (κ3) is 5.69. The normalized spacial score (nSPS) is 16.9. The fourth-order valence-corrected chi connectivity index (χ4v) is 4.40. The van der Waals surface area contributed by atoms with E-state index in [2.05, 4.69) is 10.6 Å². The molecule has 196 valence electrons. The van der Waals surface area contributed by atoms with Gasteiger partial charge in [-0.3, -0.25) is 9.59 Å². The van der Waals surface area contributed by atoms with Gasteiger partial charge in [0.05, 0.1) is 42.7 Å². The Morgan fingerprint density at radius 1 is 0.583 bits per heavy atom. The number of ether oxygens (including phenoxy) is 6. The van der Waals surface area contributed by atoms with Crippen molar-refractivity contribution < 1.29 is 38.0 Å². The number of benzene rings is 2. The molecular weight excluding hydrogens is 468 g/mol. The van der Waals surface area contributed by atoms with E-state index < -0.39 is 0 Å². The first-order valence-electron chi connectivity index (χ1n) is 11.6. The van der Waals surface area contributed by atoms with E-state index in [0.29, 0.717) is 45.6 Å². The molecule has 2 N–H and O–H groups in total. The number of nitrogens with one attached hydrogen (secondary N) is 2. The van der Waals surface area contributed by atoms with Gasteiger partial charge in [-0.2, -0.15) is 0 Å². The van der Waals surface area contributed by atoms with Gasteiger partial charge in [-0.1, -0.05) is 12.8 Å². The van der Waals surface area contributed by atoms with Crippen molar-refractivity contribution in [2.24, 2.45) is 0 Å². The van der Waals surface area contributed by atoms with Crippen molar-refractivity contribution in [3.63, 3.8) is 0 Å².